The predicted octanol–water partition coefficient (Wildman–Crippen LogP) is 11.4. The van der Waals surface area contributed by atoms with E-state index in [2.05, 4.69) is 135 Å². The number of hydrogen-bond donors (Lipinski definition) is 0. The highest BCUT2D eigenvalue weighted by molar-refractivity contribution is 6.13. The van der Waals surface area contributed by atoms with Gasteiger partial charge < -0.3 is 0 Å². The fraction of sp³-hybridized carbons (Fsp3) is 0.0909. The van der Waals surface area contributed by atoms with Gasteiger partial charge in [0.15, 0.2) is 0 Å². The molecular weight excluding hydrogens is 585 g/mol. The van der Waals surface area contributed by atoms with Crippen LogP contribution in [0, 0.1) is 0 Å². The number of pyridine rings is 2. The molecule has 8 aromatic rings. The Morgan fingerprint density at radius 3 is 1.31 bits per heavy atom. The van der Waals surface area contributed by atoms with Crippen LogP contribution in [0.3, 0.4) is 0 Å². The molecule has 230 valence electrons. The summed E-state index contributed by atoms with van der Waals surface area (Å²) in [6.07, 6.45) is 5.63. The highest BCUT2D eigenvalue weighted by Gasteiger charge is 2.17. The first-order valence-electron chi connectivity index (χ1n) is 16.6. The van der Waals surface area contributed by atoms with Crippen molar-refractivity contribution in [3.63, 3.8) is 0 Å². The fourth-order valence-corrected chi connectivity index (χ4v) is 6.69. The Bertz CT molecular complexity index is 2370. The highest BCUT2D eigenvalue weighted by atomic mass is 14.8. The molecule has 0 N–H and O–H groups in total. The van der Waals surface area contributed by atoms with Crippen LogP contribution >= 0.6 is 0 Å². The van der Waals surface area contributed by atoms with Crippen LogP contribution in [0.15, 0.2) is 143 Å². The third-order valence-electron chi connectivity index (χ3n) is 9.15. The van der Waals surface area contributed by atoms with E-state index in [-0.39, 0.29) is 0 Å². The maximum Gasteiger partial charge on any atom is 0.0820 e. The second kappa shape index (κ2) is 12.7. The topological polar surface area (TPSA) is 50.5 Å². The Balaban J connectivity index is 1.31. The van der Waals surface area contributed by atoms with Crippen molar-refractivity contribution in [2.45, 2.75) is 26.7 Å². The van der Waals surface area contributed by atoms with Gasteiger partial charge in [-0.15, -0.1) is 0 Å². The van der Waals surface area contributed by atoms with Crippen LogP contribution in [0.1, 0.15) is 36.4 Å². The van der Waals surface area contributed by atoms with E-state index < -0.39 is 0 Å². The van der Waals surface area contributed by atoms with E-state index in [1.165, 1.54) is 11.1 Å². The summed E-state index contributed by atoms with van der Waals surface area (Å²) in [6, 6.07) is 46.6. The monoisotopic (exact) mass is 618 g/mol. The van der Waals surface area contributed by atoms with E-state index in [1.54, 1.807) is 0 Å². The van der Waals surface area contributed by atoms with Crippen molar-refractivity contribution < 1.29 is 0 Å². The summed E-state index contributed by atoms with van der Waals surface area (Å²) in [6.45, 7) is 4.34. The van der Waals surface area contributed by atoms with Gasteiger partial charge in [0.1, 0.15) is 0 Å². The van der Waals surface area contributed by atoms with Crippen LogP contribution in [0.25, 0.3) is 54.5 Å². The van der Waals surface area contributed by atoms with Gasteiger partial charge in [-0.3, -0.25) is 9.98 Å². The van der Waals surface area contributed by atoms with E-state index in [9.17, 15) is 0 Å². The molecule has 4 nitrogen and oxygen atoms in total. The van der Waals surface area contributed by atoms with Gasteiger partial charge in [-0.1, -0.05) is 123 Å². The Kier molecular flexibility index (Phi) is 7.75. The lowest BCUT2D eigenvalue weighted by Crippen LogP contribution is -1.93. The molecule has 48 heavy (non-hydrogen) atoms. The summed E-state index contributed by atoms with van der Waals surface area (Å²) in [5, 5.41) is 6.82. The number of nitrogens with zero attached hydrogens (tertiary/aromatic N) is 4. The van der Waals surface area contributed by atoms with Gasteiger partial charge in [0.2, 0.25) is 0 Å². The van der Waals surface area contributed by atoms with Gasteiger partial charge in [-0.25, -0.2) is 9.97 Å². The largest absolute Gasteiger partial charge is 0.254 e. The predicted molar refractivity (Wildman–Crippen MR) is 204 cm³/mol. The number of aliphatic imine (C=N–C) groups is 2. The van der Waals surface area contributed by atoms with Crippen molar-refractivity contribution in [3.8, 4) is 11.1 Å². The Labute approximate surface area is 280 Å². The molecule has 0 aliphatic heterocycles. The van der Waals surface area contributed by atoms with Crippen molar-refractivity contribution in [2.24, 2.45) is 9.98 Å². The van der Waals surface area contributed by atoms with Gasteiger partial charge >= 0.3 is 0 Å². The Morgan fingerprint density at radius 2 is 0.854 bits per heavy atom. The zero-order chi connectivity index (χ0) is 32.5. The van der Waals surface area contributed by atoms with E-state index in [0.29, 0.717) is 0 Å². The quantitative estimate of drug-likeness (QED) is 0.167. The number of aromatic nitrogens is 2. The maximum absolute atomic E-state index is 5.13. The Morgan fingerprint density at radius 1 is 0.438 bits per heavy atom. The summed E-state index contributed by atoms with van der Waals surface area (Å²) >= 11 is 0. The molecule has 0 fully saturated rings. The number of fused-ring (bicyclic) bond motifs is 4. The molecule has 2 aromatic heterocycles. The van der Waals surface area contributed by atoms with Crippen LogP contribution in [-0.2, 0) is 12.8 Å². The summed E-state index contributed by atoms with van der Waals surface area (Å²) < 4.78 is 0. The minimum Gasteiger partial charge on any atom is -0.254 e. The molecule has 0 amide bonds. The summed E-state index contributed by atoms with van der Waals surface area (Å²) in [7, 11) is 0. The van der Waals surface area contributed by atoms with Crippen molar-refractivity contribution in [3.05, 3.63) is 156 Å². The lowest BCUT2D eigenvalue weighted by molar-refractivity contribution is 1.14. The van der Waals surface area contributed by atoms with Gasteiger partial charge in [0, 0.05) is 21.9 Å². The second-order valence-electron chi connectivity index (χ2n) is 12.0. The zero-order valence-electron chi connectivity index (χ0n) is 27.1. The molecule has 0 spiro atoms. The minimum absolute atomic E-state index is 0.826. The van der Waals surface area contributed by atoms with Crippen LogP contribution < -0.4 is 0 Å². The molecule has 2 heterocycles. The SMILES string of the molecule is CCc1cccc2ccc(C=Nc3ccc4ccccc4c3-c3c(N=Cc4ccc5cccc(CC)c5n4)ccc4ccccc34)nc12. The molecule has 8 rings (SSSR count). The van der Waals surface area contributed by atoms with E-state index in [1.807, 2.05) is 24.6 Å². The van der Waals surface area contributed by atoms with E-state index in [4.69, 9.17) is 20.0 Å². The summed E-state index contributed by atoms with van der Waals surface area (Å²) in [5.74, 6) is 0. The fourth-order valence-electron chi connectivity index (χ4n) is 6.69. The Hall–Kier alpha value is -6.00. The average molecular weight is 619 g/mol. The molecule has 0 atom stereocenters. The highest BCUT2D eigenvalue weighted by Crippen LogP contribution is 2.45. The van der Waals surface area contributed by atoms with Crippen molar-refractivity contribution in [1.29, 1.82) is 0 Å². The third-order valence-corrected chi connectivity index (χ3v) is 9.15. The number of benzene rings is 6. The molecule has 4 heteroatoms. The number of para-hydroxylation sites is 2. The summed E-state index contributed by atoms with van der Waals surface area (Å²) in [4.78, 5) is 20.3. The summed E-state index contributed by atoms with van der Waals surface area (Å²) in [5.41, 5.74) is 10.0. The number of rotatable bonds is 7. The second-order valence-corrected chi connectivity index (χ2v) is 12.0. The van der Waals surface area contributed by atoms with Crippen LogP contribution in [0.5, 0.6) is 0 Å². The molecule has 0 bridgehead atoms. The maximum atomic E-state index is 5.13. The zero-order valence-corrected chi connectivity index (χ0v) is 27.1. The smallest absolute Gasteiger partial charge is 0.0820 e. The molecule has 0 aliphatic rings. The third kappa shape index (κ3) is 5.41. The standard InChI is InChI=1S/C44H34N4/c1-3-29-13-9-15-33-19-23-35(47-43(29)33)27-45-39-25-21-31-11-5-7-17-37(31)41(39)42-38-18-8-6-12-32(38)22-26-40(42)46-28-36-24-20-34-16-10-14-30(4-2)44(34)48-36/h5-28H,3-4H2,1-2H3. The van der Waals surface area contributed by atoms with Gasteiger partial charge in [-0.2, -0.15) is 0 Å². The van der Waals surface area contributed by atoms with Crippen LogP contribution in [-0.4, -0.2) is 22.4 Å². The van der Waals surface area contributed by atoms with Gasteiger partial charge in [0.05, 0.1) is 46.2 Å². The first kappa shape index (κ1) is 29.4. The average Bonchev–Trinajstić information content (AvgIpc) is 3.15. The van der Waals surface area contributed by atoms with E-state index >= 15 is 0 Å². The molecule has 0 unspecified atom stereocenters. The molecule has 0 aliphatic carbocycles. The van der Waals surface area contributed by atoms with Crippen molar-refractivity contribution in [1.82, 2.24) is 9.97 Å². The molecule has 0 saturated heterocycles. The number of aryl methyl sites for hydroxylation is 2. The van der Waals surface area contributed by atoms with Crippen molar-refractivity contribution in [2.75, 3.05) is 0 Å². The molecule has 6 aromatic carbocycles. The number of hydrogen-bond acceptors (Lipinski definition) is 4. The lowest BCUT2D eigenvalue weighted by Gasteiger charge is -2.16. The van der Waals surface area contributed by atoms with Gasteiger partial charge in [0.25, 0.3) is 0 Å². The molecule has 0 saturated carbocycles. The van der Waals surface area contributed by atoms with Crippen molar-refractivity contribution >= 4 is 67.2 Å². The molecule has 0 radical (unpaired) electrons. The first-order valence-corrected chi connectivity index (χ1v) is 16.6. The normalized spacial score (nSPS) is 12.0. The van der Waals surface area contributed by atoms with Crippen LogP contribution in [0.4, 0.5) is 11.4 Å². The first-order chi connectivity index (χ1) is 23.7. The van der Waals surface area contributed by atoms with Crippen LogP contribution in [0.2, 0.25) is 0 Å². The molecular formula is C44H34N4. The van der Waals surface area contributed by atoms with E-state index in [0.717, 1.165) is 90.1 Å². The lowest BCUT2D eigenvalue weighted by atomic mass is 9.91. The minimum atomic E-state index is 0.826. The van der Waals surface area contributed by atoms with Gasteiger partial charge in [-0.05, 0) is 69.8 Å².